The number of aromatic nitrogens is 2. The van der Waals surface area contributed by atoms with E-state index in [0.717, 1.165) is 29.2 Å². The van der Waals surface area contributed by atoms with E-state index in [9.17, 15) is 26.3 Å². The first-order chi connectivity index (χ1) is 11.5. The smallest absolute Gasteiger partial charge is 0.267 e. The van der Waals surface area contributed by atoms with E-state index < -0.39 is 23.8 Å². The topological polar surface area (TPSA) is 17.8 Å². The van der Waals surface area contributed by atoms with Gasteiger partial charge in [-0.25, -0.2) is 0 Å². The maximum atomic E-state index is 12.8. The standard InChI is InChI=1S/C16H14F6N2S/c1-24-12(7-14(23-24)16(20,21)22)10-4-5-11(9-2-3-9)13(6-10)25-8-15(17,18)19/h4-7,9H,2-3,8H2,1H3. The van der Waals surface area contributed by atoms with Gasteiger partial charge in [0.2, 0.25) is 0 Å². The molecule has 1 fully saturated rings. The van der Waals surface area contributed by atoms with Crippen LogP contribution in [0.25, 0.3) is 11.3 Å². The third-order valence-electron chi connectivity index (χ3n) is 3.89. The van der Waals surface area contributed by atoms with E-state index in [0.29, 0.717) is 22.2 Å². The lowest BCUT2D eigenvalue weighted by molar-refractivity contribution is -0.141. The Morgan fingerprint density at radius 1 is 1.12 bits per heavy atom. The average Bonchev–Trinajstić information content (AvgIpc) is 3.25. The van der Waals surface area contributed by atoms with Gasteiger partial charge in [-0.15, -0.1) is 11.8 Å². The second-order valence-electron chi connectivity index (χ2n) is 5.97. The number of benzene rings is 1. The number of alkyl halides is 6. The van der Waals surface area contributed by atoms with Crippen molar-refractivity contribution in [3.63, 3.8) is 0 Å². The summed E-state index contributed by atoms with van der Waals surface area (Å²) in [5.41, 5.74) is 0.431. The fraction of sp³-hybridized carbons (Fsp3) is 0.438. The van der Waals surface area contributed by atoms with Crippen LogP contribution in [0.2, 0.25) is 0 Å². The summed E-state index contributed by atoms with van der Waals surface area (Å²) in [6, 6.07) is 5.79. The van der Waals surface area contributed by atoms with Crippen LogP contribution < -0.4 is 0 Å². The van der Waals surface area contributed by atoms with E-state index in [4.69, 9.17) is 0 Å². The van der Waals surface area contributed by atoms with Crippen LogP contribution >= 0.6 is 11.8 Å². The van der Waals surface area contributed by atoms with Crippen LogP contribution in [0.4, 0.5) is 26.3 Å². The van der Waals surface area contributed by atoms with Gasteiger partial charge in [0.25, 0.3) is 0 Å². The van der Waals surface area contributed by atoms with Crippen molar-refractivity contribution < 1.29 is 26.3 Å². The summed E-state index contributed by atoms with van der Waals surface area (Å²) in [5.74, 6) is -0.794. The molecular formula is C16H14F6N2S. The molecule has 1 aliphatic carbocycles. The highest BCUT2D eigenvalue weighted by atomic mass is 32.2. The van der Waals surface area contributed by atoms with Gasteiger partial charge in [-0.2, -0.15) is 31.4 Å². The SMILES string of the molecule is Cn1nc(C(F)(F)F)cc1-c1ccc(C2CC2)c(SCC(F)(F)F)c1. The van der Waals surface area contributed by atoms with Gasteiger partial charge < -0.3 is 0 Å². The average molecular weight is 380 g/mol. The quantitative estimate of drug-likeness (QED) is 0.505. The van der Waals surface area contributed by atoms with E-state index in [2.05, 4.69) is 5.10 Å². The zero-order valence-corrected chi connectivity index (χ0v) is 13.9. The van der Waals surface area contributed by atoms with E-state index in [1.807, 2.05) is 0 Å². The molecule has 0 spiro atoms. The Balaban J connectivity index is 1.96. The van der Waals surface area contributed by atoms with Crippen LogP contribution in [-0.2, 0) is 13.2 Å². The molecule has 0 unspecified atom stereocenters. The van der Waals surface area contributed by atoms with Gasteiger partial charge in [-0.1, -0.05) is 12.1 Å². The summed E-state index contributed by atoms with van der Waals surface area (Å²) in [7, 11) is 1.38. The Morgan fingerprint density at radius 2 is 1.80 bits per heavy atom. The highest BCUT2D eigenvalue weighted by Crippen LogP contribution is 2.46. The van der Waals surface area contributed by atoms with Crippen LogP contribution in [0.1, 0.15) is 30.0 Å². The van der Waals surface area contributed by atoms with Gasteiger partial charge in [0.15, 0.2) is 5.69 Å². The molecule has 1 saturated carbocycles. The van der Waals surface area contributed by atoms with Crippen molar-refractivity contribution in [2.45, 2.75) is 36.0 Å². The number of thioether (sulfide) groups is 1. The number of halogens is 6. The Kier molecular flexibility index (Phi) is 4.55. The van der Waals surface area contributed by atoms with E-state index in [1.165, 1.54) is 13.1 Å². The molecule has 25 heavy (non-hydrogen) atoms. The first kappa shape index (κ1) is 18.2. The van der Waals surface area contributed by atoms with Crippen molar-refractivity contribution in [2.75, 3.05) is 5.75 Å². The maximum Gasteiger partial charge on any atom is 0.435 e. The third-order valence-corrected chi connectivity index (χ3v) is 5.02. The number of hydrogen-bond acceptors (Lipinski definition) is 2. The zero-order chi connectivity index (χ0) is 18.4. The molecule has 0 bridgehead atoms. The first-order valence-corrected chi connectivity index (χ1v) is 8.48. The maximum absolute atomic E-state index is 12.8. The molecular weight excluding hydrogens is 366 g/mol. The molecule has 136 valence electrons. The van der Waals surface area contributed by atoms with E-state index in [-0.39, 0.29) is 11.6 Å². The van der Waals surface area contributed by atoms with Crippen LogP contribution in [0, 0.1) is 0 Å². The molecule has 0 N–H and O–H groups in total. The van der Waals surface area contributed by atoms with Crippen molar-refractivity contribution >= 4 is 11.8 Å². The molecule has 0 atom stereocenters. The van der Waals surface area contributed by atoms with Crippen LogP contribution in [-0.4, -0.2) is 21.7 Å². The van der Waals surface area contributed by atoms with Gasteiger partial charge in [-0.05, 0) is 36.5 Å². The van der Waals surface area contributed by atoms with Crippen molar-refractivity contribution in [3.05, 3.63) is 35.5 Å². The Morgan fingerprint density at radius 3 is 2.32 bits per heavy atom. The summed E-state index contributed by atoms with van der Waals surface area (Å²) < 4.78 is 77.2. The molecule has 3 rings (SSSR count). The number of aryl methyl sites for hydroxylation is 1. The lowest BCUT2D eigenvalue weighted by Crippen LogP contribution is -2.10. The molecule has 0 radical (unpaired) electrons. The van der Waals surface area contributed by atoms with Gasteiger partial charge in [0, 0.05) is 17.5 Å². The number of nitrogens with zero attached hydrogens (tertiary/aromatic N) is 2. The second kappa shape index (κ2) is 6.26. The Labute approximate surface area is 144 Å². The monoisotopic (exact) mass is 380 g/mol. The first-order valence-electron chi connectivity index (χ1n) is 7.50. The molecule has 9 heteroatoms. The molecule has 1 aliphatic rings. The predicted octanol–water partition coefficient (Wildman–Crippen LogP) is 5.64. The molecule has 2 aromatic rings. The fourth-order valence-electron chi connectivity index (χ4n) is 2.59. The minimum Gasteiger partial charge on any atom is -0.267 e. The van der Waals surface area contributed by atoms with Gasteiger partial charge in [0.1, 0.15) is 0 Å². The number of rotatable bonds is 4. The molecule has 1 aromatic heterocycles. The van der Waals surface area contributed by atoms with Crippen molar-refractivity contribution in [3.8, 4) is 11.3 Å². The van der Waals surface area contributed by atoms with Crippen molar-refractivity contribution in [2.24, 2.45) is 7.05 Å². The third kappa shape index (κ3) is 4.31. The Hall–Kier alpha value is -1.64. The van der Waals surface area contributed by atoms with Gasteiger partial charge in [0.05, 0.1) is 11.4 Å². The van der Waals surface area contributed by atoms with Crippen LogP contribution in [0.3, 0.4) is 0 Å². The minimum atomic E-state index is -4.57. The normalized spacial score (nSPS) is 15.6. The van der Waals surface area contributed by atoms with E-state index >= 15 is 0 Å². The molecule has 1 heterocycles. The molecule has 0 aliphatic heterocycles. The summed E-state index contributed by atoms with van der Waals surface area (Å²) in [5, 5.41) is 3.45. The summed E-state index contributed by atoms with van der Waals surface area (Å²) in [4.78, 5) is 0.465. The summed E-state index contributed by atoms with van der Waals surface area (Å²) in [6.07, 6.45) is -7.04. The highest BCUT2D eigenvalue weighted by molar-refractivity contribution is 7.99. The summed E-state index contributed by atoms with van der Waals surface area (Å²) >= 11 is 0.672. The van der Waals surface area contributed by atoms with Crippen LogP contribution in [0.15, 0.2) is 29.2 Å². The van der Waals surface area contributed by atoms with E-state index in [1.54, 1.807) is 12.1 Å². The lowest BCUT2D eigenvalue weighted by atomic mass is 10.1. The largest absolute Gasteiger partial charge is 0.435 e. The zero-order valence-electron chi connectivity index (χ0n) is 13.1. The molecule has 2 nitrogen and oxygen atoms in total. The minimum absolute atomic E-state index is 0.212. The van der Waals surface area contributed by atoms with Crippen molar-refractivity contribution in [1.29, 1.82) is 0 Å². The lowest BCUT2D eigenvalue weighted by Gasteiger charge is -2.12. The molecule has 1 aromatic carbocycles. The van der Waals surface area contributed by atoms with Crippen LogP contribution in [0.5, 0.6) is 0 Å². The summed E-state index contributed by atoms with van der Waals surface area (Å²) in [6.45, 7) is 0. The Bertz CT molecular complexity index is 774. The van der Waals surface area contributed by atoms with Gasteiger partial charge in [-0.3, -0.25) is 4.68 Å². The van der Waals surface area contributed by atoms with Gasteiger partial charge >= 0.3 is 12.4 Å². The fourth-order valence-corrected chi connectivity index (χ4v) is 3.52. The second-order valence-corrected chi connectivity index (χ2v) is 6.98. The number of hydrogen-bond donors (Lipinski definition) is 0. The van der Waals surface area contributed by atoms with Crippen molar-refractivity contribution in [1.82, 2.24) is 9.78 Å². The highest BCUT2D eigenvalue weighted by Gasteiger charge is 2.35. The molecule has 0 amide bonds. The predicted molar refractivity (Wildman–Crippen MR) is 82.4 cm³/mol. The molecule has 0 saturated heterocycles.